The molecule has 1 aromatic heterocycles. The smallest absolute Gasteiger partial charge is 0.148 e. The third-order valence-electron chi connectivity index (χ3n) is 3.73. The first-order valence-corrected chi connectivity index (χ1v) is 6.39. The summed E-state index contributed by atoms with van der Waals surface area (Å²) in [6, 6.07) is 2.12. The van der Waals surface area contributed by atoms with Crippen molar-refractivity contribution in [2.75, 3.05) is 11.9 Å². The fourth-order valence-corrected chi connectivity index (χ4v) is 2.64. The van der Waals surface area contributed by atoms with Crippen molar-refractivity contribution in [3.63, 3.8) is 0 Å². The van der Waals surface area contributed by atoms with E-state index >= 15 is 0 Å². The summed E-state index contributed by atoms with van der Waals surface area (Å²) in [7, 11) is 1.99. The van der Waals surface area contributed by atoms with Gasteiger partial charge in [0.05, 0.1) is 0 Å². The van der Waals surface area contributed by atoms with Crippen molar-refractivity contribution in [1.29, 1.82) is 0 Å². The second kappa shape index (κ2) is 4.89. The normalized spacial score (nSPS) is 25.7. The summed E-state index contributed by atoms with van der Waals surface area (Å²) in [6.07, 6.45) is 5.57. The molecule has 0 aromatic carbocycles. The second-order valence-electron chi connectivity index (χ2n) is 5.31. The fourth-order valence-electron chi connectivity index (χ4n) is 2.64. The molecular formula is C13H23N3. The van der Waals surface area contributed by atoms with Gasteiger partial charge in [0.15, 0.2) is 0 Å². The minimum atomic E-state index is 0.839. The number of nitrogens with zero attached hydrogens (tertiary/aromatic N) is 2. The van der Waals surface area contributed by atoms with Gasteiger partial charge in [-0.1, -0.05) is 19.8 Å². The Labute approximate surface area is 98.2 Å². The van der Waals surface area contributed by atoms with Crippen LogP contribution in [0.2, 0.25) is 0 Å². The maximum Gasteiger partial charge on any atom is 0.148 e. The van der Waals surface area contributed by atoms with Crippen LogP contribution in [-0.4, -0.2) is 16.3 Å². The van der Waals surface area contributed by atoms with E-state index < -0.39 is 0 Å². The molecule has 1 aliphatic rings. The Hall–Kier alpha value is -0.990. The summed E-state index contributed by atoms with van der Waals surface area (Å²) < 4.78 is 1.92. The molecule has 0 bridgehead atoms. The molecule has 2 atom stereocenters. The molecule has 1 N–H and O–H groups in total. The van der Waals surface area contributed by atoms with Gasteiger partial charge >= 0.3 is 0 Å². The molecule has 1 aromatic rings. The van der Waals surface area contributed by atoms with E-state index in [1.807, 2.05) is 11.7 Å². The summed E-state index contributed by atoms with van der Waals surface area (Å²) >= 11 is 0. The Morgan fingerprint density at radius 3 is 2.94 bits per heavy atom. The van der Waals surface area contributed by atoms with Gasteiger partial charge in [0.25, 0.3) is 0 Å². The molecule has 3 nitrogen and oxygen atoms in total. The van der Waals surface area contributed by atoms with Crippen LogP contribution in [0.25, 0.3) is 0 Å². The van der Waals surface area contributed by atoms with Gasteiger partial charge in [0, 0.05) is 25.4 Å². The molecule has 0 saturated heterocycles. The number of aryl methyl sites for hydroxylation is 2. The zero-order valence-electron chi connectivity index (χ0n) is 10.7. The molecule has 1 fully saturated rings. The molecule has 90 valence electrons. The van der Waals surface area contributed by atoms with Crippen LogP contribution in [-0.2, 0) is 7.05 Å². The number of aromatic nitrogens is 2. The third kappa shape index (κ3) is 2.77. The maximum atomic E-state index is 4.42. The zero-order valence-corrected chi connectivity index (χ0v) is 10.7. The molecule has 16 heavy (non-hydrogen) atoms. The van der Waals surface area contributed by atoms with Gasteiger partial charge in [-0.15, -0.1) is 0 Å². The Morgan fingerprint density at radius 1 is 1.50 bits per heavy atom. The highest BCUT2D eigenvalue weighted by atomic mass is 15.3. The highest BCUT2D eigenvalue weighted by Gasteiger charge is 2.18. The van der Waals surface area contributed by atoms with Gasteiger partial charge in [-0.05, 0) is 31.6 Å². The van der Waals surface area contributed by atoms with Crippen LogP contribution in [0.4, 0.5) is 5.82 Å². The van der Waals surface area contributed by atoms with Crippen LogP contribution in [0.15, 0.2) is 6.07 Å². The molecule has 2 unspecified atom stereocenters. The summed E-state index contributed by atoms with van der Waals surface area (Å²) in [5.41, 5.74) is 1.21. The van der Waals surface area contributed by atoms with Crippen molar-refractivity contribution >= 4 is 5.82 Å². The second-order valence-corrected chi connectivity index (χ2v) is 5.31. The molecule has 1 aliphatic carbocycles. The number of hydrogen-bond donors (Lipinski definition) is 1. The fraction of sp³-hybridized carbons (Fsp3) is 0.769. The summed E-state index contributed by atoms with van der Waals surface area (Å²) in [5.74, 6) is 2.77. The van der Waals surface area contributed by atoms with Crippen LogP contribution < -0.4 is 5.32 Å². The lowest BCUT2D eigenvalue weighted by Crippen LogP contribution is -2.21. The number of nitrogens with one attached hydrogen (secondary N) is 1. The van der Waals surface area contributed by atoms with Crippen molar-refractivity contribution in [2.24, 2.45) is 18.9 Å². The Bertz CT molecular complexity index is 323. The van der Waals surface area contributed by atoms with Gasteiger partial charge < -0.3 is 5.32 Å². The first-order valence-electron chi connectivity index (χ1n) is 6.39. The monoisotopic (exact) mass is 221 g/mol. The predicted octanol–water partition coefficient (Wildman–Crippen LogP) is 2.97. The van der Waals surface area contributed by atoms with E-state index in [2.05, 4.69) is 30.3 Å². The number of rotatable bonds is 3. The minimum absolute atomic E-state index is 0.839. The lowest BCUT2D eigenvalue weighted by Gasteiger charge is -2.26. The predicted molar refractivity (Wildman–Crippen MR) is 67.6 cm³/mol. The van der Waals surface area contributed by atoms with Crippen LogP contribution in [0, 0.1) is 18.8 Å². The zero-order chi connectivity index (χ0) is 11.5. The van der Waals surface area contributed by atoms with Gasteiger partial charge in [-0.3, -0.25) is 4.68 Å². The van der Waals surface area contributed by atoms with E-state index in [0.717, 1.165) is 24.2 Å². The molecule has 0 spiro atoms. The van der Waals surface area contributed by atoms with E-state index in [9.17, 15) is 0 Å². The molecular weight excluding hydrogens is 198 g/mol. The van der Waals surface area contributed by atoms with Gasteiger partial charge in [0.1, 0.15) is 5.82 Å². The Kier molecular flexibility index (Phi) is 3.52. The van der Waals surface area contributed by atoms with Crippen molar-refractivity contribution in [3.05, 3.63) is 11.8 Å². The SMILES string of the molecule is Cc1cc(NCC2CCCC(C)C2)nn1C. The van der Waals surface area contributed by atoms with E-state index in [1.165, 1.54) is 31.4 Å². The maximum absolute atomic E-state index is 4.42. The van der Waals surface area contributed by atoms with Crippen LogP contribution in [0.3, 0.4) is 0 Å². The standard InChI is InChI=1S/C13H23N3/c1-10-5-4-6-12(7-10)9-14-13-8-11(2)16(3)15-13/h8,10,12H,4-7,9H2,1-3H3,(H,14,15). The van der Waals surface area contributed by atoms with Crippen LogP contribution >= 0.6 is 0 Å². The van der Waals surface area contributed by atoms with Crippen molar-refractivity contribution in [2.45, 2.75) is 39.5 Å². The van der Waals surface area contributed by atoms with Crippen LogP contribution in [0.5, 0.6) is 0 Å². The Morgan fingerprint density at radius 2 is 2.31 bits per heavy atom. The highest BCUT2D eigenvalue weighted by Crippen LogP contribution is 2.28. The molecule has 1 saturated carbocycles. The quantitative estimate of drug-likeness (QED) is 0.850. The van der Waals surface area contributed by atoms with E-state index in [0.29, 0.717) is 0 Å². The van der Waals surface area contributed by atoms with Crippen molar-refractivity contribution < 1.29 is 0 Å². The van der Waals surface area contributed by atoms with E-state index in [1.54, 1.807) is 0 Å². The average Bonchev–Trinajstić information content (AvgIpc) is 2.56. The van der Waals surface area contributed by atoms with Crippen molar-refractivity contribution in [1.82, 2.24) is 9.78 Å². The molecule has 0 aliphatic heterocycles. The molecule has 0 amide bonds. The Balaban J connectivity index is 1.82. The first kappa shape index (κ1) is 11.5. The molecule has 1 heterocycles. The summed E-state index contributed by atoms with van der Waals surface area (Å²) in [6.45, 7) is 5.54. The van der Waals surface area contributed by atoms with Gasteiger partial charge in [-0.25, -0.2) is 0 Å². The van der Waals surface area contributed by atoms with Crippen molar-refractivity contribution in [3.8, 4) is 0 Å². The van der Waals surface area contributed by atoms with E-state index in [-0.39, 0.29) is 0 Å². The summed E-state index contributed by atoms with van der Waals surface area (Å²) in [4.78, 5) is 0. The highest BCUT2D eigenvalue weighted by molar-refractivity contribution is 5.35. The molecule has 2 rings (SSSR count). The average molecular weight is 221 g/mol. The topological polar surface area (TPSA) is 29.9 Å². The molecule has 0 radical (unpaired) electrons. The lowest BCUT2D eigenvalue weighted by molar-refractivity contribution is 0.293. The lowest BCUT2D eigenvalue weighted by atomic mass is 9.82. The van der Waals surface area contributed by atoms with Crippen LogP contribution in [0.1, 0.15) is 38.3 Å². The van der Waals surface area contributed by atoms with Gasteiger partial charge in [-0.2, -0.15) is 5.10 Å². The number of hydrogen-bond acceptors (Lipinski definition) is 2. The molecule has 3 heteroatoms. The van der Waals surface area contributed by atoms with Gasteiger partial charge in [0.2, 0.25) is 0 Å². The minimum Gasteiger partial charge on any atom is -0.368 e. The third-order valence-corrected chi connectivity index (χ3v) is 3.73. The summed E-state index contributed by atoms with van der Waals surface area (Å²) in [5, 5.41) is 7.88. The largest absolute Gasteiger partial charge is 0.368 e. The number of anilines is 1. The van der Waals surface area contributed by atoms with E-state index in [4.69, 9.17) is 0 Å². The first-order chi connectivity index (χ1) is 7.65.